The van der Waals surface area contributed by atoms with E-state index in [4.69, 9.17) is 9.72 Å². The molecule has 1 fully saturated rings. The van der Waals surface area contributed by atoms with E-state index in [2.05, 4.69) is 0 Å². The number of pyridine rings is 1. The molecule has 2 heterocycles. The highest BCUT2D eigenvalue weighted by atomic mass is 32.1. The van der Waals surface area contributed by atoms with E-state index in [-0.39, 0.29) is 11.5 Å². The topological polar surface area (TPSA) is 61.2 Å². The second-order valence-electron chi connectivity index (χ2n) is 8.28. The van der Waals surface area contributed by atoms with Crippen LogP contribution in [0.5, 0.6) is 5.75 Å². The van der Waals surface area contributed by atoms with Gasteiger partial charge in [-0.15, -0.1) is 11.3 Å². The minimum absolute atomic E-state index is 0.0666. The number of ketones is 1. The number of rotatable bonds is 4. The van der Waals surface area contributed by atoms with Gasteiger partial charge in [-0.2, -0.15) is 0 Å². The minimum Gasteiger partial charge on any atom is -0.494 e. The largest absolute Gasteiger partial charge is 0.494 e. The average Bonchev–Trinajstić information content (AvgIpc) is 3.22. The van der Waals surface area contributed by atoms with Crippen molar-refractivity contribution in [1.82, 2.24) is 9.55 Å². The molecule has 0 amide bonds. The van der Waals surface area contributed by atoms with E-state index >= 15 is 0 Å². The number of hydrogen-bond donors (Lipinski definition) is 0. The maximum Gasteiger partial charge on any atom is 0.263 e. The zero-order chi connectivity index (χ0) is 21.5. The van der Waals surface area contributed by atoms with Gasteiger partial charge in [-0.05, 0) is 56.2 Å². The molecule has 5 rings (SSSR count). The van der Waals surface area contributed by atoms with E-state index < -0.39 is 0 Å². The fraction of sp³-hybridized carbons (Fsp3) is 0.320. The van der Waals surface area contributed by atoms with Crippen LogP contribution in [0, 0.1) is 5.92 Å². The molecule has 0 unspecified atom stereocenters. The Morgan fingerprint density at radius 1 is 1.13 bits per heavy atom. The molecule has 1 aliphatic rings. The summed E-state index contributed by atoms with van der Waals surface area (Å²) in [6, 6.07) is 13.5. The van der Waals surface area contributed by atoms with Crippen molar-refractivity contribution in [3.8, 4) is 11.4 Å². The molecular weight excluding hydrogens is 408 g/mol. The summed E-state index contributed by atoms with van der Waals surface area (Å²) in [7, 11) is 1.62. The summed E-state index contributed by atoms with van der Waals surface area (Å²) in [5, 5.41) is 2.71. The number of carbonyl (C=O) groups is 1. The molecule has 6 heteroatoms. The Balaban J connectivity index is 1.55. The van der Waals surface area contributed by atoms with E-state index in [1.54, 1.807) is 36.1 Å². The predicted molar refractivity (Wildman–Crippen MR) is 125 cm³/mol. The summed E-state index contributed by atoms with van der Waals surface area (Å²) >= 11 is 1.68. The van der Waals surface area contributed by atoms with Crippen LogP contribution in [-0.2, 0) is 4.79 Å². The number of nitrogens with zero attached hydrogens (tertiary/aromatic N) is 2. The van der Waals surface area contributed by atoms with Crippen molar-refractivity contribution >= 4 is 38.1 Å². The van der Waals surface area contributed by atoms with Gasteiger partial charge >= 0.3 is 0 Å². The molecule has 0 saturated heterocycles. The van der Waals surface area contributed by atoms with Crippen molar-refractivity contribution in [1.29, 1.82) is 0 Å². The third-order valence-corrected chi connectivity index (χ3v) is 7.61. The first kappa shape index (κ1) is 19.9. The van der Waals surface area contributed by atoms with Crippen LogP contribution in [0.2, 0.25) is 0 Å². The van der Waals surface area contributed by atoms with Crippen LogP contribution in [0.4, 0.5) is 0 Å². The molecule has 4 aromatic rings. The number of ether oxygens (including phenoxy) is 1. The lowest BCUT2D eigenvalue weighted by atomic mass is 9.80. The van der Waals surface area contributed by atoms with E-state index in [9.17, 15) is 9.59 Å². The molecule has 0 N–H and O–H groups in total. The highest BCUT2D eigenvalue weighted by molar-refractivity contribution is 7.18. The van der Waals surface area contributed by atoms with Gasteiger partial charge in [0.1, 0.15) is 11.5 Å². The summed E-state index contributed by atoms with van der Waals surface area (Å²) < 4.78 is 8.33. The molecule has 0 atom stereocenters. The fourth-order valence-corrected chi connectivity index (χ4v) is 5.77. The number of carbonyl (C=O) groups excluding carboxylic acids is 1. The summed E-state index contributed by atoms with van der Waals surface area (Å²) in [4.78, 5) is 29.7. The Bertz CT molecular complexity index is 1350. The molecule has 0 radical (unpaired) electrons. The highest BCUT2D eigenvalue weighted by Gasteiger charge is 2.27. The zero-order valence-electron chi connectivity index (χ0n) is 17.6. The Labute approximate surface area is 184 Å². The Morgan fingerprint density at radius 2 is 1.90 bits per heavy atom. The molecule has 0 bridgehead atoms. The first-order chi connectivity index (χ1) is 15.0. The number of Topliss-reactive ketones (excluding diaryl/α,β-unsaturated/α-hetero) is 1. The van der Waals surface area contributed by atoms with Gasteiger partial charge < -0.3 is 4.74 Å². The molecule has 31 heavy (non-hydrogen) atoms. The molecule has 5 nitrogen and oxygen atoms in total. The van der Waals surface area contributed by atoms with Gasteiger partial charge in [-0.3, -0.25) is 14.2 Å². The number of thiazole rings is 1. The minimum atomic E-state index is -0.0666. The Morgan fingerprint density at radius 3 is 2.65 bits per heavy atom. The SMILES string of the molecule is COc1cc2nc(C3CCC(C(C)=O)CC3)sc2cc1-n1ccc2ccccc2c1=O. The Kier molecular flexibility index (Phi) is 5.10. The number of benzene rings is 2. The summed E-state index contributed by atoms with van der Waals surface area (Å²) in [5.74, 6) is 1.53. The lowest BCUT2D eigenvalue weighted by molar-refractivity contribution is -0.121. The monoisotopic (exact) mass is 432 g/mol. The molecule has 1 aliphatic carbocycles. The smallest absolute Gasteiger partial charge is 0.263 e. The van der Waals surface area contributed by atoms with Gasteiger partial charge in [0.15, 0.2) is 0 Å². The Hall–Kier alpha value is -2.99. The number of hydrogen-bond acceptors (Lipinski definition) is 5. The first-order valence-electron chi connectivity index (χ1n) is 10.6. The van der Waals surface area contributed by atoms with Crippen molar-refractivity contribution in [3.63, 3.8) is 0 Å². The fourth-order valence-electron chi connectivity index (χ4n) is 4.61. The molecule has 0 aliphatic heterocycles. The van der Waals surface area contributed by atoms with Crippen LogP contribution >= 0.6 is 11.3 Å². The van der Waals surface area contributed by atoms with Crippen LogP contribution in [0.1, 0.15) is 43.5 Å². The molecule has 158 valence electrons. The maximum atomic E-state index is 13.1. The average molecular weight is 433 g/mol. The molecule has 0 spiro atoms. The maximum absolute atomic E-state index is 13.1. The van der Waals surface area contributed by atoms with Gasteiger partial charge in [0.05, 0.1) is 28.0 Å². The van der Waals surface area contributed by atoms with Gasteiger partial charge in [0.25, 0.3) is 5.56 Å². The van der Waals surface area contributed by atoms with Crippen molar-refractivity contribution < 1.29 is 9.53 Å². The lowest BCUT2D eigenvalue weighted by Gasteiger charge is -2.25. The summed E-state index contributed by atoms with van der Waals surface area (Å²) in [6.07, 6.45) is 5.68. The van der Waals surface area contributed by atoms with Crippen LogP contribution in [0.25, 0.3) is 26.7 Å². The van der Waals surface area contributed by atoms with Crippen LogP contribution < -0.4 is 10.3 Å². The third kappa shape index (κ3) is 3.55. The molecule has 2 aromatic carbocycles. The zero-order valence-corrected chi connectivity index (χ0v) is 18.4. The van der Waals surface area contributed by atoms with Crippen molar-refractivity contribution in [2.24, 2.45) is 5.92 Å². The number of aromatic nitrogens is 2. The van der Waals surface area contributed by atoms with Gasteiger partial charge in [-0.1, -0.05) is 18.2 Å². The van der Waals surface area contributed by atoms with E-state index in [1.165, 1.54) is 0 Å². The second-order valence-corrected chi connectivity index (χ2v) is 9.34. The standard InChI is InChI=1S/C25H24N2O3S/c1-15(28)16-7-9-18(10-8-16)24-26-20-13-22(30-2)21(14-23(20)31-24)27-12-11-17-5-3-4-6-19(17)25(27)29/h3-6,11-14,16,18H,7-10H2,1-2H3. The summed E-state index contributed by atoms with van der Waals surface area (Å²) in [5.41, 5.74) is 1.55. The van der Waals surface area contributed by atoms with Crippen LogP contribution in [0.3, 0.4) is 0 Å². The van der Waals surface area contributed by atoms with E-state index in [1.807, 2.05) is 42.5 Å². The summed E-state index contributed by atoms with van der Waals surface area (Å²) in [6.45, 7) is 1.70. The quantitative estimate of drug-likeness (QED) is 0.429. The van der Waals surface area contributed by atoms with E-state index in [0.717, 1.165) is 52.0 Å². The first-order valence-corrected chi connectivity index (χ1v) is 11.5. The van der Waals surface area contributed by atoms with Gasteiger partial charge in [0.2, 0.25) is 0 Å². The predicted octanol–water partition coefficient (Wildman–Crippen LogP) is 5.47. The van der Waals surface area contributed by atoms with Crippen molar-refractivity contribution in [2.45, 2.75) is 38.5 Å². The normalized spacial score (nSPS) is 19.0. The highest BCUT2D eigenvalue weighted by Crippen LogP contribution is 2.40. The van der Waals surface area contributed by atoms with Gasteiger partial charge in [0, 0.05) is 29.5 Å². The van der Waals surface area contributed by atoms with Crippen molar-refractivity contribution in [2.75, 3.05) is 7.11 Å². The molecule has 2 aromatic heterocycles. The van der Waals surface area contributed by atoms with E-state index in [0.29, 0.717) is 22.8 Å². The third-order valence-electron chi connectivity index (χ3n) is 6.43. The lowest BCUT2D eigenvalue weighted by Crippen LogP contribution is -2.18. The van der Waals surface area contributed by atoms with Crippen LogP contribution in [-0.4, -0.2) is 22.4 Å². The number of fused-ring (bicyclic) bond motifs is 2. The molecule has 1 saturated carbocycles. The second kappa shape index (κ2) is 7.93. The van der Waals surface area contributed by atoms with Crippen molar-refractivity contribution in [3.05, 3.63) is 64.0 Å². The van der Waals surface area contributed by atoms with Crippen LogP contribution in [0.15, 0.2) is 53.5 Å². The van der Waals surface area contributed by atoms with Gasteiger partial charge in [-0.25, -0.2) is 4.98 Å². The molecular formula is C25H24N2O3S. The number of methoxy groups -OCH3 is 1.